The molecule has 3 fully saturated rings. The zero-order chi connectivity index (χ0) is 19.5. The van der Waals surface area contributed by atoms with Gasteiger partial charge in [-0.15, -0.1) is 0 Å². The van der Waals surface area contributed by atoms with Crippen LogP contribution in [0.3, 0.4) is 0 Å². The normalized spacial score (nSPS) is 23.5. The van der Waals surface area contributed by atoms with Crippen molar-refractivity contribution in [3.8, 4) is 0 Å². The summed E-state index contributed by atoms with van der Waals surface area (Å²) in [5, 5.41) is 11.2. The predicted octanol–water partition coefficient (Wildman–Crippen LogP) is 3.21. The average molecular weight is 418 g/mol. The molecule has 2 aromatic rings. The van der Waals surface area contributed by atoms with Gasteiger partial charge in [0.05, 0.1) is 4.70 Å². The maximum Gasteiger partial charge on any atom is 0.271 e. The number of thiocarbonyl (C=S) groups is 1. The van der Waals surface area contributed by atoms with Gasteiger partial charge in [-0.1, -0.05) is 13.3 Å². The fraction of sp³-hybridized carbons (Fsp3) is 0.550. The lowest BCUT2D eigenvalue weighted by Crippen LogP contribution is -2.57. The van der Waals surface area contributed by atoms with Crippen LogP contribution < -0.4 is 16.0 Å². The van der Waals surface area contributed by atoms with Crippen molar-refractivity contribution in [2.24, 2.45) is 5.92 Å². The predicted molar refractivity (Wildman–Crippen MR) is 119 cm³/mol. The monoisotopic (exact) mass is 417 g/mol. The summed E-state index contributed by atoms with van der Waals surface area (Å²) in [6.07, 6.45) is 4.59. The van der Waals surface area contributed by atoms with Gasteiger partial charge in [0, 0.05) is 30.2 Å². The standard InChI is InChI=1S/C20H27N5OS2/c1-2-3-8-21-20(27)22-14-4-5-15-17(11-14)28-24-18(15)19(26)23-16-12-25-9-6-13(16)7-10-25/h4-5,11,13,16H,2-3,6-10,12H2,1H3,(H,23,26)(H2,21,22,27)/t16-/m1/s1. The van der Waals surface area contributed by atoms with Gasteiger partial charge >= 0.3 is 0 Å². The highest BCUT2D eigenvalue weighted by Gasteiger charge is 2.35. The molecule has 1 amide bonds. The fourth-order valence-corrected chi connectivity index (χ4v) is 5.13. The van der Waals surface area contributed by atoms with Gasteiger partial charge in [0.15, 0.2) is 5.11 Å². The van der Waals surface area contributed by atoms with E-state index in [1.165, 1.54) is 37.5 Å². The van der Waals surface area contributed by atoms with E-state index in [1.807, 2.05) is 18.2 Å². The summed E-state index contributed by atoms with van der Waals surface area (Å²) in [5.41, 5.74) is 1.45. The van der Waals surface area contributed by atoms with Crippen LogP contribution in [0.5, 0.6) is 0 Å². The second-order valence-electron chi connectivity index (χ2n) is 7.69. The number of fused-ring (bicyclic) bond motifs is 4. The van der Waals surface area contributed by atoms with Crippen LogP contribution in [0.2, 0.25) is 0 Å². The molecule has 3 aliphatic heterocycles. The number of piperidine rings is 3. The maximum atomic E-state index is 12.8. The molecule has 4 heterocycles. The molecule has 150 valence electrons. The number of amides is 1. The Morgan fingerprint density at radius 2 is 2.18 bits per heavy atom. The number of carbonyl (C=O) groups excluding carboxylic acids is 1. The zero-order valence-corrected chi connectivity index (χ0v) is 17.8. The molecule has 3 saturated heterocycles. The molecule has 1 aromatic carbocycles. The van der Waals surface area contributed by atoms with Crippen LogP contribution in [0, 0.1) is 5.92 Å². The zero-order valence-electron chi connectivity index (χ0n) is 16.2. The van der Waals surface area contributed by atoms with E-state index >= 15 is 0 Å². The first-order valence-electron chi connectivity index (χ1n) is 10.1. The third-order valence-corrected chi connectivity index (χ3v) is 6.79. The number of hydrogen-bond donors (Lipinski definition) is 3. The summed E-state index contributed by atoms with van der Waals surface area (Å²) < 4.78 is 5.43. The molecular formula is C20H27N5OS2. The molecule has 0 unspecified atom stereocenters. The van der Waals surface area contributed by atoms with E-state index < -0.39 is 0 Å². The van der Waals surface area contributed by atoms with Crippen LogP contribution in [-0.2, 0) is 0 Å². The second-order valence-corrected chi connectivity index (χ2v) is 8.91. The quantitative estimate of drug-likeness (QED) is 0.495. The third-order valence-electron chi connectivity index (χ3n) is 5.73. The van der Waals surface area contributed by atoms with Crippen LogP contribution in [0.25, 0.3) is 10.1 Å². The van der Waals surface area contributed by atoms with Crippen LogP contribution in [-0.4, -0.2) is 52.5 Å². The topological polar surface area (TPSA) is 69.3 Å². The van der Waals surface area contributed by atoms with E-state index in [9.17, 15) is 4.79 Å². The molecule has 0 aliphatic carbocycles. The number of anilines is 1. The van der Waals surface area contributed by atoms with Crippen molar-refractivity contribution < 1.29 is 4.79 Å². The lowest BCUT2D eigenvalue weighted by molar-refractivity contribution is 0.0619. The molecule has 0 saturated carbocycles. The van der Waals surface area contributed by atoms with Crippen molar-refractivity contribution in [3.05, 3.63) is 23.9 Å². The molecule has 0 spiro atoms. The average Bonchev–Trinajstić information content (AvgIpc) is 3.12. The van der Waals surface area contributed by atoms with E-state index in [4.69, 9.17) is 12.2 Å². The van der Waals surface area contributed by atoms with Gasteiger partial charge in [0.25, 0.3) is 5.91 Å². The van der Waals surface area contributed by atoms with Crippen LogP contribution >= 0.6 is 23.8 Å². The number of unbranched alkanes of at least 4 members (excludes halogenated alkanes) is 1. The SMILES string of the molecule is CCCCNC(=S)Nc1ccc2c(C(=O)N[C@@H]3CN4CCC3CC4)nsc2c1. The summed E-state index contributed by atoms with van der Waals surface area (Å²) >= 11 is 6.69. The minimum absolute atomic E-state index is 0.0533. The molecular weight excluding hydrogens is 390 g/mol. The van der Waals surface area contributed by atoms with Crippen molar-refractivity contribution >= 4 is 50.5 Å². The van der Waals surface area contributed by atoms with Gasteiger partial charge in [-0.25, -0.2) is 0 Å². The molecule has 28 heavy (non-hydrogen) atoms. The largest absolute Gasteiger partial charge is 0.362 e. The maximum absolute atomic E-state index is 12.8. The number of aromatic nitrogens is 1. The molecule has 1 atom stereocenters. The molecule has 1 aromatic heterocycles. The number of hydrogen-bond acceptors (Lipinski definition) is 5. The molecule has 3 N–H and O–H groups in total. The number of rotatable bonds is 6. The fourth-order valence-electron chi connectivity index (χ4n) is 4.10. The van der Waals surface area contributed by atoms with E-state index in [2.05, 4.69) is 32.1 Å². The number of nitrogens with one attached hydrogen (secondary N) is 3. The van der Waals surface area contributed by atoms with Crippen molar-refractivity contribution in [1.82, 2.24) is 19.9 Å². The van der Waals surface area contributed by atoms with E-state index in [0.29, 0.717) is 16.7 Å². The smallest absolute Gasteiger partial charge is 0.271 e. The molecule has 5 rings (SSSR count). The Labute approximate surface area is 175 Å². The van der Waals surface area contributed by atoms with Crippen LogP contribution in [0.4, 0.5) is 5.69 Å². The van der Waals surface area contributed by atoms with Crippen molar-refractivity contribution in [3.63, 3.8) is 0 Å². The van der Waals surface area contributed by atoms with E-state index in [0.717, 1.165) is 41.7 Å². The van der Waals surface area contributed by atoms with Gasteiger partial charge in [0.2, 0.25) is 0 Å². The Morgan fingerprint density at radius 3 is 2.89 bits per heavy atom. The second kappa shape index (κ2) is 8.71. The van der Waals surface area contributed by atoms with Crippen molar-refractivity contribution in [2.75, 3.05) is 31.5 Å². The third kappa shape index (κ3) is 4.29. The Hall–Kier alpha value is -1.77. The number of carbonyl (C=O) groups is 1. The molecule has 8 heteroatoms. The van der Waals surface area contributed by atoms with Crippen molar-refractivity contribution in [2.45, 2.75) is 38.6 Å². The van der Waals surface area contributed by atoms with Crippen LogP contribution in [0.1, 0.15) is 43.1 Å². The highest BCUT2D eigenvalue weighted by Crippen LogP contribution is 2.29. The Bertz CT molecular complexity index is 859. The molecule has 0 radical (unpaired) electrons. The van der Waals surface area contributed by atoms with Crippen LogP contribution in [0.15, 0.2) is 18.2 Å². The minimum Gasteiger partial charge on any atom is -0.362 e. The first-order valence-corrected chi connectivity index (χ1v) is 11.3. The Morgan fingerprint density at radius 1 is 1.36 bits per heavy atom. The lowest BCUT2D eigenvalue weighted by Gasteiger charge is -2.44. The summed E-state index contributed by atoms with van der Waals surface area (Å²) in [4.78, 5) is 15.3. The van der Waals surface area contributed by atoms with E-state index in [1.54, 1.807) is 0 Å². The molecule has 6 nitrogen and oxygen atoms in total. The highest BCUT2D eigenvalue weighted by molar-refractivity contribution is 7.80. The lowest BCUT2D eigenvalue weighted by atomic mass is 9.84. The van der Waals surface area contributed by atoms with Crippen molar-refractivity contribution in [1.29, 1.82) is 0 Å². The Kier molecular flexibility index (Phi) is 6.08. The van der Waals surface area contributed by atoms with Gasteiger partial charge in [0.1, 0.15) is 5.69 Å². The van der Waals surface area contributed by atoms with Gasteiger partial charge in [-0.05, 0) is 80.2 Å². The van der Waals surface area contributed by atoms with E-state index in [-0.39, 0.29) is 11.9 Å². The minimum atomic E-state index is -0.0533. The number of nitrogens with zero attached hydrogens (tertiary/aromatic N) is 2. The Balaban J connectivity index is 1.41. The molecule has 3 aliphatic rings. The summed E-state index contributed by atoms with van der Waals surface area (Å²) in [5.74, 6) is 0.554. The number of benzene rings is 1. The summed E-state index contributed by atoms with van der Waals surface area (Å²) in [6, 6.07) is 6.17. The van der Waals surface area contributed by atoms with Gasteiger partial charge < -0.3 is 20.9 Å². The first-order chi connectivity index (χ1) is 13.6. The van der Waals surface area contributed by atoms with Gasteiger partial charge in [-0.3, -0.25) is 4.79 Å². The molecule has 2 bridgehead atoms. The summed E-state index contributed by atoms with van der Waals surface area (Å²) in [6.45, 7) is 6.33. The highest BCUT2D eigenvalue weighted by atomic mass is 32.1. The first kappa shape index (κ1) is 19.5. The van der Waals surface area contributed by atoms with Gasteiger partial charge in [-0.2, -0.15) is 4.37 Å². The summed E-state index contributed by atoms with van der Waals surface area (Å²) in [7, 11) is 0.